The Kier molecular flexibility index (Phi) is 6.21. The van der Waals surface area contributed by atoms with E-state index in [1.54, 1.807) is 55.6 Å². The van der Waals surface area contributed by atoms with Crippen LogP contribution < -0.4 is 14.2 Å². The van der Waals surface area contributed by atoms with Crippen molar-refractivity contribution in [2.24, 2.45) is 0 Å². The van der Waals surface area contributed by atoms with Gasteiger partial charge in [-0.15, -0.1) is 0 Å². The summed E-state index contributed by atoms with van der Waals surface area (Å²) in [5.41, 5.74) is 0.768. The first-order valence-electron chi connectivity index (χ1n) is 8.81. The van der Waals surface area contributed by atoms with E-state index in [1.807, 2.05) is 6.92 Å². The summed E-state index contributed by atoms with van der Waals surface area (Å²) in [6, 6.07) is 13.9. The first-order valence-corrected chi connectivity index (χ1v) is 9.19. The van der Waals surface area contributed by atoms with Crippen molar-refractivity contribution in [2.75, 3.05) is 26.9 Å². The van der Waals surface area contributed by atoms with Crippen molar-refractivity contribution in [1.29, 1.82) is 0 Å². The fourth-order valence-corrected chi connectivity index (χ4v) is 3.10. The van der Waals surface area contributed by atoms with E-state index in [0.29, 0.717) is 29.4 Å². The maximum atomic E-state index is 12.7. The molecule has 2 amide bonds. The lowest BCUT2D eigenvalue weighted by molar-refractivity contribution is -0.137. The lowest BCUT2D eigenvalue weighted by Crippen LogP contribution is -2.35. The van der Waals surface area contributed by atoms with Gasteiger partial charge < -0.3 is 14.2 Å². The fraction of sp³-hybridized carbons (Fsp3) is 0.238. The van der Waals surface area contributed by atoms with Gasteiger partial charge in [0.25, 0.3) is 11.8 Å². The molecule has 28 heavy (non-hydrogen) atoms. The molecule has 7 heteroatoms. The van der Waals surface area contributed by atoms with Gasteiger partial charge in [0.05, 0.1) is 25.8 Å². The van der Waals surface area contributed by atoms with Gasteiger partial charge in [-0.2, -0.15) is 0 Å². The molecule has 0 unspecified atom stereocenters. The van der Waals surface area contributed by atoms with Crippen molar-refractivity contribution in [3.8, 4) is 17.2 Å². The summed E-state index contributed by atoms with van der Waals surface area (Å²) < 4.78 is 16.1. The summed E-state index contributed by atoms with van der Waals surface area (Å²) >= 11 is 6.16. The third-order valence-corrected chi connectivity index (χ3v) is 4.56. The fourth-order valence-electron chi connectivity index (χ4n) is 2.81. The van der Waals surface area contributed by atoms with Gasteiger partial charge in [0.2, 0.25) is 0 Å². The highest BCUT2D eigenvalue weighted by Crippen LogP contribution is 2.32. The lowest BCUT2D eigenvalue weighted by atomic mass is 10.1. The zero-order valence-corrected chi connectivity index (χ0v) is 16.4. The second-order valence-electron chi connectivity index (χ2n) is 5.93. The maximum absolute atomic E-state index is 12.7. The standard InChI is InChI=1S/C21H20ClNO5/c1-3-27-16-6-4-14(5-7-16)18-19(22)21(25)23(20(18)24)12-13-28-17-10-8-15(26-2)9-11-17/h4-11H,3,12-13H2,1-2H3. The molecule has 0 atom stereocenters. The van der Waals surface area contributed by atoms with Crippen LogP contribution in [0.4, 0.5) is 0 Å². The molecule has 0 bridgehead atoms. The van der Waals surface area contributed by atoms with Gasteiger partial charge in [-0.3, -0.25) is 14.5 Å². The molecule has 3 rings (SSSR count). The Hall–Kier alpha value is -2.99. The maximum Gasteiger partial charge on any atom is 0.273 e. The monoisotopic (exact) mass is 401 g/mol. The molecule has 1 heterocycles. The first kappa shape index (κ1) is 19.8. The number of carbonyl (C=O) groups excluding carboxylic acids is 2. The van der Waals surface area contributed by atoms with Crippen LogP contribution in [-0.2, 0) is 9.59 Å². The number of hydrogen-bond donors (Lipinski definition) is 0. The van der Waals surface area contributed by atoms with Gasteiger partial charge in [-0.05, 0) is 48.9 Å². The van der Waals surface area contributed by atoms with E-state index in [2.05, 4.69) is 0 Å². The van der Waals surface area contributed by atoms with Crippen LogP contribution >= 0.6 is 11.6 Å². The number of amides is 2. The van der Waals surface area contributed by atoms with Crippen LogP contribution in [0.1, 0.15) is 12.5 Å². The zero-order valence-electron chi connectivity index (χ0n) is 15.6. The van der Waals surface area contributed by atoms with Crippen LogP contribution in [0.25, 0.3) is 5.57 Å². The molecule has 1 aliphatic heterocycles. The second kappa shape index (κ2) is 8.80. The Morgan fingerprint density at radius 1 is 0.857 bits per heavy atom. The molecule has 0 saturated carbocycles. The van der Waals surface area contributed by atoms with Crippen molar-refractivity contribution in [3.63, 3.8) is 0 Å². The Morgan fingerprint density at radius 3 is 2.04 bits per heavy atom. The SMILES string of the molecule is CCOc1ccc(C2=C(Cl)C(=O)N(CCOc3ccc(OC)cc3)C2=O)cc1. The van der Waals surface area contributed by atoms with Crippen molar-refractivity contribution in [3.05, 3.63) is 59.1 Å². The van der Waals surface area contributed by atoms with Crippen molar-refractivity contribution in [2.45, 2.75) is 6.92 Å². The third-order valence-electron chi connectivity index (χ3n) is 4.21. The number of halogens is 1. The van der Waals surface area contributed by atoms with Crippen LogP contribution in [0.3, 0.4) is 0 Å². The summed E-state index contributed by atoms with van der Waals surface area (Å²) in [4.78, 5) is 26.2. The normalized spacial score (nSPS) is 13.9. The molecule has 0 aromatic heterocycles. The Bertz CT molecular complexity index is 890. The van der Waals surface area contributed by atoms with Crippen LogP contribution in [0.15, 0.2) is 53.6 Å². The van der Waals surface area contributed by atoms with Crippen molar-refractivity contribution in [1.82, 2.24) is 4.90 Å². The molecule has 0 aliphatic carbocycles. The number of hydrogen-bond acceptors (Lipinski definition) is 5. The summed E-state index contributed by atoms with van der Waals surface area (Å²) in [6.45, 7) is 2.69. The molecule has 0 spiro atoms. The minimum absolute atomic E-state index is 0.0846. The van der Waals surface area contributed by atoms with E-state index in [1.165, 1.54) is 0 Å². The summed E-state index contributed by atoms with van der Waals surface area (Å²) in [7, 11) is 1.58. The Labute approximate surface area is 168 Å². The van der Waals surface area contributed by atoms with E-state index >= 15 is 0 Å². The highest BCUT2D eigenvalue weighted by atomic mass is 35.5. The van der Waals surface area contributed by atoms with Gasteiger partial charge in [0.1, 0.15) is 28.9 Å². The molecule has 146 valence electrons. The summed E-state index contributed by atoms with van der Waals surface area (Å²) in [5.74, 6) is 1.06. The van der Waals surface area contributed by atoms with E-state index in [9.17, 15) is 9.59 Å². The van der Waals surface area contributed by atoms with Gasteiger partial charge in [-0.1, -0.05) is 23.7 Å². The van der Waals surface area contributed by atoms with Crippen molar-refractivity contribution >= 4 is 29.0 Å². The quantitative estimate of drug-likeness (QED) is 0.633. The van der Waals surface area contributed by atoms with Gasteiger partial charge in [0.15, 0.2) is 0 Å². The van der Waals surface area contributed by atoms with Gasteiger partial charge in [-0.25, -0.2) is 0 Å². The van der Waals surface area contributed by atoms with Crippen LogP contribution in [0, 0.1) is 0 Å². The lowest BCUT2D eigenvalue weighted by Gasteiger charge is -2.15. The van der Waals surface area contributed by atoms with Crippen LogP contribution in [0.5, 0.6) is 17.2 Å². The number of methoxy groups -OCH3 is 1. The average Bonchev–Trinajstić information content (AvgIpc) is 2.93. The number of nitrogens with zero attached hydrogens (tertiary/aromatic N) is 1. The molecule has 2 aromatic rings. The minimum Gasteiger partial charge on any atom is -0.497 e. The molecule has 0 fully saturated rings. The molecule has 0 saturated heterocycles. The minimum atomic E-state index is -0.520. The topological polar surface area (TPSA) is 65.1 Å². The Balaban J connectivity index is 1.64. The number of ether oxygens (including phenoxy) is 3. The molecule has 0 radical (unpaired) electrons. The number of imide groups is 1. The zero-order chi connectivity index (χ0) is 20.1. The van der Waals surface area contributed by atoms with E-state index < -0.39 is 11.8 Å². The highest BCUT2D eigenvalue weighted by molar-refractivity contribution is 6.55. The van der Waals surface area contributed by atoms with E-state index in [-0.39, 0.29) is 23.8 Å². The van der Waals surface area contributed by atoms with Crippen molar-refractivity contribution < 1.29 is 23.8 Å². The molecule has 0 N–H and O–H groups in total. The first-order chi connectivity index (χ1) is 13.5. The predicted molar refractivity (Wildman–Crippen MR) is 106 cm³/mol. The number of benzene rings is 2. The molecule has 2 aromatic carbocycles. The molecule has 6 nitrogen and oxygen atoms in total. The molecular formula is C21H20ClNO5. The smallest absolute Gasteiger partial charge is 0.273 e. The van der Waals surface area contributed by atoms with Gasteiger partial charge >= 0.3 is 0 Å². The van der Waals surface area contributed by atoms with Crippen LogP contribution in [0.2, 0.25) is 0 Å². The van der Waals surface area contributed by atoms with Gasteiger partial charge in [0, 0.05) is 0 Å². The third kappa shape index (κ3) is 4.12. The predicted octanol–water partition coefficient (Wildman–Crippen LogP) is 3.49. The average molecular weight is 402 g/mol. The summed E-state index contributed by atoms with van der Waals surface area (Å²) in [6.07, 6.45) is 0. The molecule has 1 aliphatic rings. The van der Waals surface area contributed by atoms with Crippen LogP contribution in [-0.4, -0.2) is 43.6 Å². The molecular weight excluding hydrogens is 382 g/mol. The largest absolute Gasteiger partial charge is 0.497 e. The van der Waals surface area contributed by atoms with E-state index in [4.69, 9.17) is 25.8 Å². The second-order valence-corrected chi connectivity index (χ2v) is 6.31. The number of rotatable bonds is 8. The van der Waals surface area contributed by atoms with E-state index in [0.717, 1.165) is 4.90 Å². The number of carbonyl (C=O) groups is 2. The Morgan fingerprint density at radius 2 is 1.43 bits per heavy atom. The summed E-state index contributed by atoms with van der Waals surface area (Å²) in [5, 5.41) is -0.0846. The highest BCUT2D eigenvalue weighted by Gasteiger charge is 2.37.